The highest BCUT2D eigenvalue weighted by molar-refractivity contribution is 6.39. The van der Waals surface area contributed by atoms with E-state index in [9.17, 15) is 19.5 Å². The highest BCUT2D eigenvalue weighted by Crippen LogP contribution is 2.31. The van der Waals surface area contributed by atoms with Gasteiger partial charge in [0.25, 0.3) is 0 Å². The lowest BCUT2D eigenvalue weighted by atomic mass is 9.99. The molecule has 0 spiro atoms. The van der Waals surface area contributed by atoms with Crippen molar-refractivity contribution in [3.05, 3.63) is 47.9 Å². The fourth-order valence-corrected chi connectivity index (χ4v) is 3.41. The average Bonchev–Trinajstić information content (AvgIpc) is 3.27. The molecular weight excluding hydrogens is 386 g/mol. The van der Waals surface area contributed by atoms with Gasteiger partial charge in [0, 0.05) is 35.9 Å². The standard InChI is InChI=1S/C22H27N3O5/c1-14(2)22(29)25-10-3-4-15-5-6-17(12-18(15)25)24-21(28)20(27)23-9-7-19(26)16-8-11-30-13-16/h5-6,8,11-14,19,26H,3-4,7,9-10H2,1-2H3,(H,23,27)(H,24,28). The Morgan fingerprint density at radius 3 is 2.70 bits per heavy atom. The predicted octanol–water partition coefficient (Wildman–Crippen LogP) is 2.39. The highest BCUT2D eigenvalue weighted by Gasteiger charge is 2.25. The van der Waals surface area contributed by atoms with E-state index in [-0.39, 0.29) is 24.8 Å². The lowest BCUT2D eigenvalue weighted by Gasteiger charge is -2.31. The Hall–Kier alpha value is -3.13. The van der Waals surface area contributed by atoms with Crippen molar-refractivity contribution in [1.82, 2.24) is 5.32 Å². The maximum atomic E-state index is 12.5. The van der Waals surface area contributed by atoms with E-state index in [2.05, 4.69) is 10.6 Å². The molecule has 0 saturated heterocycles. The molecule has 0 aliphatic carbocycles. The molecule has 8 nitrogen and oxygen atoms in total. The zero-order chi connectivity index (χ0) is 21.7. The maximum absolute atomic E-state index is 12.5. The number of nitrogens with zero attached hydrogens (tertiary/aromatic N) is 1. The Morgan fingerprint density at radius 2 is 2.00 bits per heavy atom. The number of aryl methyl sites for hydroxylation is 1. The predicted molar refractivity (Wildman–Crippen MR) is 112 cm³/mol. The number of aliphatic hydroxyl groups is 1. The molecule has 0 bridgehead atoms. The second-order valence-electron chi connectivity index (χ2n) is 7.66. The van der Waals surface area contributed by atoms with Crippen LogP contribution in [0.4, 0.5) is 11.4 Å². The van der Waals surface area contributed by atoms with Crippen LogP contribution in [0.2, 0.25) is 0 Å². The van der Waals surface area contributed by atoms with Gasteiger partial charge in [0.1, 0.15) is 0 Å². The first-order valence-corrected chi connectivity index (χ1v) is 10.1. The molecule has 0 radical (unpaired) electrons. The molecule has 8 heteroatoms. The zero-order valence-electron chi connectivity index (χ0n) is 17.2. The first-order valence-electron chi connectivity index (χ1n) is 10.1. The van der Waals surface area contributed by atoms with Gasteiger partial charge in [-0.15, -0.1) is 0 Å². The number of amides is 3. The topological polar surface area (TPSA) is 112 Å². The van der Waals surface area contributed by atoms with Crippen LogP contribution in [0.25, 0.3) is 0 Å². The summed E-state index contributed by atoms with van der Waals surface area (Å²) in [5.41, 5.74) is 2.89. The van der Waals surface area contributed by atoms with Crippen molar-refractivity contribution in [2.45, 2.75) is 39.2 Å². The Bertz CT molecular complexity index is 908. The van der Waals surface area contributed by atoms with Gasteiger partial charge in [-0.05, 0) is 43.0 Å². The molecule has 0 saturated carbocycles. The van der Waals surface area contributed by atoms with Gasteiger partial charge < -0.3 is 25.1 Å². The second kappa shape index (κ2) is 9.58. The number of nitrogens with one attached hydrogen (secondary N) is 2. The third-order valence-corrected chi connectivity index (χ3v) is 5.06. The summed E-state index contributed by atoms with van der Waals surface area (Å²) >= 11 is 0. The third-order valence-electron chi connectivity index (χ3n) is 5.06. The number of carbonyl (C=O) groups excluding carboxylic acids is 3. The number of fused-ring (bicyclic) bond motifs is 1. The molecule has 2 heterocycles. The SMILES string of the molecule is CC(C)C(=O)N1CCCc2ccc(NC(=O)C(=O)NCCC(O)c3ccoc3)cc21. The molecule has 30 heavy (non-hydrogen) atoms. The molecule has 1 atom stereocenters. The minimum atomic E-state index is -0.801. The Kier molecular flexibility index (Phi) is 6.89. The summed E-state index contributed by atoms with van der Waals surface area (Å²) in [6.45, 7) is 4.49. The summed E-state index contributed by atoms with van der Waals surface area (Å²) in [6.07, 6.45) is 4.12. The van der Waals surface area contributed by atoms with Crippen LogP contribution >= 0.6 is 0 Å². The Balaban J connectivity index is 1.58. The van der Waals surface area contributed by atoms with Crippen LogP contribution in [0, 0.1) is 5.92 Å². The minimum Gasteiger partial charge on any atom is -0.472 e. The molecule has 3 amide bonds. The van der Waals surface area contributed by atoms with E-state index in [1.165, 1.54) is 12.5 Å². The number of anilines is 2. The van der Waals surface area contributed by atoms with Gasteiger partial charge in [0.2, 0.25) is 5.91 Å². The first kappa shape index (κ1) is 21.6. The fraction of sp³-hybridized carbons (Fsp3) is 0.409. The lowest BCUT2D eigenvalue weighted by Crippen LogP contribution is -2.38. The molecular formula is C22H27N3O5. The Morgan fingerprint density at radius 1 is 1.20 bits per heavy atom. The molecule has 1 aliphatic rings. The number of rotatable bonds is 6. The van der Waals surface area contributed by atoms with Gasteiger partial charge in [-0.2, -0.15) is 0 Å². The number of carbonyl (C=O) groups is 3. The first-order chi connectivity index (χ1) is 14.4. The molecule has 1 aromatic carbocycles. The van der Waals surface area contributed by atoms with Gasteiger partial charge in [-0.1, -0.05) is 19.9 Å². The van der Waals surface area contributed by atoms with Gasteiger partial charge >= 0.3 is 11.8 Å². The van der Waals surface area contributed by atoms with E-state index in [0.29, 0.717) is 17.8 Å². The fourth-order valence-electron chi connectivity index (χ4n) is 3.41. The van der Waals surface area contributed by atoms with Crippen LogP contribution in [-0.2, 0) is 20.8 Å². The summed E-state index contributed by atoms with van der Waals surface area (Å²) in [5, 5.41) is 15.0. The quantitative estimate of drug-likeness (QED) is 0.630. The molecule has 3 rings (SSSR count). The van der Waals surface area contributed by atoms with Gasteiger partial charge in [-0.25, -0.2) is 0 Å². The summed E-state index contributed by atoms with van der Waals surface area (Å²) < 4.78 is 4.91. The number of aliphatic hydroxyl groups excluding tert-OH is 1. The van der Waals surface area contributed by atoms with E-state index in [0.717, 1.165) is 24.1 Å². The van der Waals surface area contributed by atoms with E-state index in [4.69, 9.17) is 4.42 Å². The van der Waals surface area contributed by atoms with E-state index < -0.39 is 17.9 Å². The number of furan rings is 1. The summed E-state index contributed by atoms with van der Waals surface area (Å²) in [5.74, 6) is -1.68. The summed E-state index contributed by atoms with van der Waals surface area (Å²) in [7, 11) is 0. The minimum absolute atomic E-state index is 0.0355. The molecule has 160 valence electrons. The number of benzene rings is 1. The van der Waals surface area contributed by atoms with E-state index in [1.54, 1.807) is 23.1 Å². The molecule has 1 aliphatic heterocycles. The largest absolute Gasteiger partial charge is 0.472 e. The van der Waals surface area contributed by atoms with Crippen LogP contribution in [0.1, 0.15) is 43.9 Å². The Labute approximate surface area is 175 Å². The van der Waals surface area contributed by atoms with Crippen molar-refractivity contribution < 1.29 is 23.9 Å². The lowest BCUT2D eigenvalue weighted by molar-refractivity contribution is -0.136. The van der Waals surface area contributed by atoms with Crippen molar-refractivity contribution in [3.63, 3.8) is 0 Å². The van der Waals surface area contributed by atoms with Crippen molar-refractivity contribution in [3.8, 4) is 0 Å². The maximum Gasteiger partial charge on any atom is 0.313 e. The third kappa shape index (κ3) is 5.07. The van der Waals surface area contributed by atoms with E-state index in [1.807, 2.05) is 19.9 Å². The molecule has 0 fully saturated rings. The molecule has 1 aromatic heterocycles. The summed E-state index contributed by atoms with van der Waals surface area (Å²) in [6, 6.07) is 6.99. The van der Waals surface area contributed by atoms with Crippen molar-refractivity contribution >= 4 is 29.1 Å². The van der Waals surface area contributed by atoms with Crippen LogP contribution in [0.5, 0.6) is 0 Å². The number of hydrogen-bond donors (Lipinski definition) is 3. The van der Waals surface area contributed by atoms with Crippen molar-refractivity contribution in [2.75, 3.05) is 23.3 Å². The van der Waals surface area contributed by atoms with Crippen LogP contribution in [0.3, 0.4) is 0 Å². The highest BCUT2D eigenvalue weighted by atomic mass is 16.3. The average molecular weight is 413 g/mol. The van der Waals surface area contributed by atoms with Gasteiger partial charge in [-0.3, -0.25) is 14.4 Å². The molecule has 3 N–H and O–H groups in total. The van der Waals surface area contributed by atoms with E-state index >= 15 is 0 Å². The van der Waals surface area contributed by atoms with Crippen molar-refractivity contribution in [1.29, 1.82) is 0 Å². The van der Waals surface area contributed by atoms with Crippen LogP contribution in [-0.4, -0.2) is 35.9 Å². The van der Waals surface area contributed by atoms with Gasteiger partial charge in [0.15, 0.2) is 0 Å². The number of hydrogen-bond acceptors (Lipinski definition) is 5. The molecule has 1 unspecified atom stereocenters. The second-order valence-corrected chi connectivity index (χ2v) is 7.66. The van der Waals surface area contributed by atoms with Gasteiger partial charge in [0.05, 0.1) is 18.6 Å². The zero-order valence-corrected chi connectivity index (χ0v) is 17.2. The van der Waals surface area contributed by atoms with Crippen LogP contribution in [0.15, 0.2) is 41.2 Å². The van der Waals surface area contributed by atoms with Crippen LogP contribution < -0.4 is 15.5 Å². The smallest absolute Gasteiger partial charge is 0.313 e. The monoisotopic (exact) mass is 413 g/mol. The normalized spacial score (nSPS) is 14.2. The molecule has 2 aromatic rings. The van der Waals surface area contributed by atoms with Crippen molar-refractivity contribution in [2.24, 2.45) is 5.92 Å². The summed E-state index contributed by atoms with van der Waals surface area (Å²) in [4.78, 5) is 38.6.